The van der Waals surface area contributed by atoms with E-state index in [0.717, 1.165) is 6.92 Å². The van der Waals surface area contributed by atoms with Crippen LogP contribution in [0.25, 0.3) is 0 Å². The van der Waals surface area contributed by atoms with E-state index in [9.17, 15) is 24.3 Å². The maximum atomic E-state index is 12.4. The van der Waals surface area contributed by atoms with Crippen molar-refractivity contribution >= 4 is 23.9 Å². The summed E-state index contributed by atoms with van der Waals surface area (Å²) >= 11 is 0. The van der Waals surface area contributed by atoms with E-state index in [0.29, 0.717) is 18.4 Å². The number of carbonyl (C=O) groups excluding carboxylic acids is 3. The fourth-order valence-corrected chi connectivity index (χ4v) is 2.87. The number of esters is 3. The van der Waals surface area contributed by atoms with Crippen LogP contribution in [0.5, 0.6) is 11.5 Å². The average molecular weight is 466 g/mol. The number of carbonyl (C=O) groups is 4. The molecule has 0 spiro atoms. The maximum Gasteiger partial charge on any atom is 0.364 e. The predicted molar refractivity (Wildman–Crippen MR) is 121 cm³/mol. The zero-order chi connectivity index (χ0) is 25.3. The minimum absolute atomic E-state index is 0.0129. The molecule has 0 saturated heterocycles. The predicted octanol–water partition coefficient (Wildman–Crippen LogP) is 3.47. The molecule has 0 fully saturated rings. The smallest absolute Gasteiger partial charge is 0.364 e. The van der Waals surface area contributed by atoms with Crippen LogP contribution in [0.1, 0.15) is 66.9 Å². The Hall–Kier alpha value is -2.94. The third kappa shape index (κ3) is 8.16. The van der Waals surface area contributed by atoms with Crippen LogP contribution in [0.15, 0.2) is 18.2 Å². The summed E-state index contributed by atoms with van der Waals surface area (Å²) in [6.07, 6.45) is 0.865. The Morgan fingerprint density at radius 2 is 1.45 bits per heavy atom. The van der Waals surface area contributed by atoms with Gasteiger partial charge in [-0.2, -0.15) is 0 Å². The molecule has 0 aliphatic carbocycles. The zero-order valence-electron chi connectivity index (χ0n) is 20.4. The van der Waals surface area contributed by atoms with Crippen molar-refractivity contribution in [2.45, 2.75) is 79.5 Å². The van der Waals surface area contributed by atoms with Crippen LogP contribution < -0.4 is 14.8 Å². The molecule has 1 aromatic rings. The number of benzene rings is 1. The Bertz CT molecular complexity index is 866. The number of carboxylic acid groups (broad SMARTS) is 1. The van der Waals surface area contributed by atoms with Gasteiger partial charge in [0.1, 0.15) is 0 Å². The lowest BCUT2D eigenvalue weighted by Crippen LogP contribution is -2.59. The van der Waals surface area contributed by atoms with Gasteiger partial charge in [-0.05, 0) is 44.4 Å². The van der Waals surface area contributed by atoms with Crippen LogP contribution >= 0.6 is 0 Å². The number of hydrogen-bond donors (Lipinski definition) is 2. The Morgan fingerprint density at radius 1 is 0.939 bits per heavy atom. The van der Waals surface area contributed by atoms with E-state index in [-0.39, 0.29) is 29.9 Å². The molecule has 0 aliphatic rings. The van der Waals surface area contributed by atoms with Gasteiger partial charge in [-0.1, -0.05) is 33.8 Å². The minimum Gasteiger partial charge on any atom is -0.477 e. The molecular formula is C24H35NO8. The number of ether oxygens (including phenoxy) is 3. The summed E-state index contributed by atoms with van der Waals surface area (Å²) in [6.45, 7) is 11.7. The summed E-state index contributed by atoms with van der Waals surface area (Å²) in [6, 6.07) is 4.06. The first-order valence-corrected chi connectivity index (χ1v) is 11.1. The monoisotopic (exact) mass is 465 g/mol. The summed E-state index contributed by atoms with van der Waals surface area (Å²) in [5, 5.41) is 12.7. The van der Waals surface area contributed by atoms with Crippen molar-refractivity contribution in [3.63, 3.8) is 0 Å². The maximum absolute atomic E-state index is 12.4. The molecule has 0 bridgehead atoms. The van der Waals surface area contributed by atoms with E-state index >= 15 is 0 Å². The summed E-state index contributed by atoms with van der Waals surface area (Å²) in [4.78, 5) is 48.5. The Kier molecular flexibility index (Phi) is 10.5. The second-order valence-corrected chi connectivity index (χ2v) is 8.44. The molecule has 0 radical (unpaired) electrons. The molecule has 0 heterocycles. The lowest BCUT2D eigenvalue weighted by molar-refractivity contribution is -0.182. The van der Waals surface area contributed by atoms with Gasteiger partial charge in [0.15, 0.2) is 11.5 Å². The number of aliphatic carboxylic acids is 1. The largest absolute Gasteiger partial charge is 0.477 e. The molecule has 2 unspecified atom stereocenters. The van der Waals surface area contributed by atoms with Crippen LogP contribution in [0, 0.1) is 11.8 Å². The first-order valence-electron chi connectivity index (χ1n) is 11.1. The van der Waals surface area contributed by atoms with Crippen LogP contribution in [-0.4, -0.2) is 40.8 Å². The molecule has 184 valence electrons. The van der Waals surface area contributed by atoms with Crippen LogP contribution in [0.3, 0.4) is 0 Å². The van der Waals surface area contributed by atoms with E-state index in [1.807, 2.05) is 13.8 Å². The molecule has 9 heteroatoms. The van der Waals surface area contributed by atoms with E-state index in [1.54, 1.807) is 27.7 Å². The summed E-state index contributed by atoms with van der Waals surface area (Å²) < 4.78 is 16.1. The van der Waals surface area contributed by atoms with E-state index in [1.165, 1.54) is 18.2 Å². The second kappa shape index (κ2) is 12.3. The lowest BCUT2D eigenvalue weighted by Gasteiger charge is -2.32. The SMILES string of the molecule is CCC(C)C(=O)Oc1ccc(C[C@](NC(C)C)(OC(C)=O)C(=O)O)cc1OC(=O)C(C)CC. The lowest BCUT2D eigenvalue weighted by atomic mass is 10.0. The van der Waals surface area contributed by atoms with Gasteiger partial charge in [0, 0.05) is 19.4 Å². The molecule has 9 nitrogen and oxygen atoms in total. The molecule has 0 aromatic heterocycles. The van der Waals surface area contributed by atoms with Gasteiger partial charge in [-0.25, -0.2) is 4.79 Å². The molecule has 3 atom stereocenters. The minimum atomic E-state index is -2.03. The van der Waals surface area contributed by atoms with Crippen molar-refractivity contribution < 1.29 is 38.5 Å². The molecule has 0 amide bonds. The Balaban J connectivity index is 3.43. The first-order chi connectivity index (χ1) is 15.3. The van der Waals surface area contributed by atoms with E-state index < -0.39 is 35.5 Å². The fraction of sp³-hybridized carbons (Fsp3) is 0.583. The van der Waals surface area contributed by atoms with Crippen molar-refractivity contribution in [1.29, 1.82) is 0 Å². The van der Waals surface area contributed by atoms with Gasteiger partial charge in [0.25, 0.3) is 5.72 Å². The summed E-state index contributed by atoms with van der Waals surface area (Å²) in [5.74, 6) is -3.86. The first kappa shape index (κ1) is 28.1. The third-order valence-corrected chi connectivity index (χ3v) is 5.10. The number of carboxylic acids is 1. The van der Waals surface area contributed by atoms with Gasteiger partial charge in [-0.15, -0.1) is 0 Å². The number of rotatable bonds is 12. The van der Waals surface area contributed by atoms with Crippen molar-refractivity contribution in [2.24, 2.45) is 11.8 Å². The molecule has 1 rings (SSSR count). The summed E-state index contributed by atoms with van der Waals surface area (Å²) in [5.41, 5.74) is -1.64. The van der Waals surface area contributed by atoms with Crippen molar-refractivity contribution in [3.05, 3.63) is 23.8 Å². The van der Waals surface area contributed by atoms with Gasteiger partial charge in [0.2, 0.25) is 0 Å². The van der Waals surface area contributed by atoms with Crippen LogP contribution in [0.4, 0.5) is 0 Å². The van der Waals surface area contributed by atoms with E-state index in [4.69, 9.17) is 14.2 Å². The number of nitrogens with one attached hydrogen (secondary N) is 1. The molecular weight excluding hydrogens is 430 g/mol. The van der Waals surface area contributed by atoms with Gasteiger partial charge in [0.05, 0.1) is 11.8 Å². The third-order valence-electron chi connectivity index (χ3n) is 5.10. The average Bonchev–Trinajstić information content (AvgIpc) is 2.72. The zero-order valence-corrected chi connectivity index (χ0v) is 20.4. The van der Waals surface area contributed by atoms with E-state index in [2.05, 4.69) is 5.32 Å². The van der Waals surface area contributed by atoms with Gasteiger partial charge >= 0.3 is 23.9 Å². The Morgan fingerprint density at radius 3 is 1.88 bits per heavy atom. The topological polar surface area (TPSA) is 128 Å². The highest BCUT2D eigenvalue weighted by Crippen LogP contribution is 2.32. The highest BCUT2D eigenvalue weighted by atomic mass is 16.6. The molecule has 0 saturated carbocycles. The van der Waals surface area contributed by atoms with Crippen LogP contribution in [0.2, 0.25) is 0 Å². The molecule has 1 aromatic carbocycles. The Labute approximate surface area is 194 Å². The van der Waals surface area contributed by atoms with Gasteiger partial charge < -0.3 is 19.3 Å². The van der Waals surface area contributed by atoms with Crippen molar-refractivity contribution in [1.82, 2.24) is 5.32 Å². The highest BCUT2D eigenvalue weighted by Gasteiger charge is 2.43. The van der Waals surface area contributed by atoms with Crippen molar-refractivity contribution in [2.75, 3.05) is 0 Å². The molecule has 2 N–H and O–H groups in total. The van der Waals surface area contributed by atoms with Crippen LogP contribution in [-0.2, 0) is 30.3 Å². The fourth-order valence-electron chi connectivity index (χ4n) is 2.87. The normalized spacial score (nSPS) is 14.7. The van der Waals surface area contributed by atoms with Gasteiger partial charge in [-0.3, -0.25) is 19.7 Å². The molecule has 33 heavy (non-hydrogen) atoms. The molecule has 0 aliphatic heterocycles. The highest BCUT2D eigenvalue weighted by molar-refractivity contribution is 5.82. The quantitative estimate of drug-likeness (QED) is 0.271. The van der Waals surface area contributed by atoms with Crippen molar-refractivity contribution in [3.8, 4) is 11.5 Å². The summed E-state index contributed by atoms with van der Waals surface area (Å²) in [7, 11) is 0. The second-order valence-electron chi connectivity index (χ2n) is 8.44. The number of hydrogen-bond acceptors (Lipinski definition) is 8. The standard InChI is InChI=1S/C24H35NO8/c1-8-15(5)21(27)31-19-11-10-18(12-20(19)32-22(28)16(6)9-2)13-24(23(29)30,25-14(3)4)33-17(7)26/h10-12,14-16,25H,8-9,13H2,1-7H3,(H,29,30)/t15?,16?,24-/m0/s1.